The molecule has 3 unspecified atom stereocenters. The molecule has 3 N–H and O–H groups in total. The van der Waals surface area contributed by atoms with Crippen LogP contribution in [0.1, 0.15) is 6.23 Å². The molecule has 23 heavy (non-hydrogen) atoms. The van der Waals surface area contributed by atoms with Gasteiger partial charge in [0.2, 0.25) is 0 Å². The Hall–Kier alpha value is -0.720. The summed E-state index contributed by atoms with van der Waals surface area (Å²) < 4.78 is 17.8. The summed E-state index contributed by atoms with van der Waals surface area (Å²) in [5, 5.41) is 10.5. The first-order valence-corrected chi connectivity index (χ1v) is 9.84. The van der Waals surface area contributed by atoms with E-state index in [-0.39, 0.29) is 12.4 Å². The van der Waals surface area contributed by atoms with E-state index in [0.29, 0.717) is 15.9 Å². The molecule has 0 spiro atoms. The predicted molar refractivity (Wildman–Crippen MR) is 82.5 cm³/mol. The van der Waals surface area contributed by atoms with Crippen LogP contribution in [0.15, 0.2) is 11.1 Å². The highest BCUT2D eigenvalue weighted by atomic mass is 79.9. The van der Waals surface area contributed by atoms with E-state index < -0.39 is 31.3 Å². The molecule has 4 rings (SSSR count). The van der Waals surface area contributed by atoms with Gasteiger partial charge in [-0.15, -0.1) is 0 Å². The lowest BCUT2D eigenvalue weighted by molar-refractivity contribution is -0.227. The molecule has 2 aromatic heterocycles. The lowest BCUT2D eigenvalue weighted by Gasteiger charge is -2.38. The fourth-order valence-corrected chi connectivity index (χ4v) is 4.64. The molecule has 2 aliphatic rings. The van der Waals surface area contributed by atoms with Crippen molar-refractivity contribution in [2.45, 2.75) is 24.5 Å². The van der Waals surface area contributed by atoms with Crippen LogP contribution < -0.4 is 10.6 Å². The van der Waals surface area contributed by atoms with E-state index in [1.807, 2.05) is 0 Å². The van der Waals surface area contributed by atoms with Gasteiger partial charge < -0.3 is 29.5 Å². The molecule has 0 aliphatic carbocycles. The summed E-state index contributed by atoms with van der Waals surface area (Å²) in [4.78, 5) is 24.0. The van der Waals surface area contributed by atoms with Crippen molar-refractivity contribution in [1.29, 1.82) is 0 Å². The lowest BCUT2D eigenvalue weighted by atomic mass is 10.1. The summed E-state index contributed by atoms with van der Waals surface area (Å²) in [5.41, 5.74) is 6.53. The van der Waals surface area contributed by atoms with Crippen molar-refractivity contribution in [3.8, 4) is 0 Å². The number of fused-ring (bicyclic) bond motifs is 2. The third-order valence-corrected chi connectivity index (χ3v) is 5.77. The highest BCUT2D eigenvalue weighted by molar-refractivity contribution is 9.10. The average Bonchev–Trinajstić information content (AvgIpc) is 2.97. The number of aliphatic hydroxyl groups is 1. The minimum Gasteiger partial charge on any atom is -0.780 e. The largest absolute Gasteiger partial charge is 0.780 e. The first kappa shape index (κ1) is 15.8. The molecule has 0 radical (unpaired) electrons. The number of aliphatic hydroxyl groups excluding tert-OH is 1. The number of imidazole rings is 1. The molecule has 0 saturated carbocycles. The van der Waals surface area contributed by atoms with Crippen molar-refractivity contribution in [2.75, 3.05) is 12.3 Å². The molecule has 10 nitrogen and oxygen atoms in total. The van der Waals surface area contributed by atoms with Gasteiger partial charge in [-0.05, 0) is 15.9 Å². The smallest absolute Gasteiger partial charge is 0.181 e. The summed E-state index contributed by atoms with van der Waals surface area (Å²) >= 11 is 8.00. The maximum atomic E-state index is 11.8. The summed E-state index contributed by atoms with van der Waals surface area (Å²) in [7, 11) is 0. The minimum absolute atomic E-state index is 0.0274. The van der Waals surface area contributed by atoms with Crippen LogP contribution in [0.3, 0.4) is 0 Å². The number of nitrogens with two attached hydrogens (primary N) is 1. The number of nitrogens with zero attached hydrogens (tertiary/aromatic N) is 4. The topological polar surface area (TPSA) is 141 Å². The van der Waals surface area contributed by atoms with Gasteiger partial charge in [0, 0.05) is 0 Å². The SMILES string of the molecule is Nc1ncnc2c1nc(Br)n2C1OC2COP([O-])(=S)O[C@H]2[C@@H]1O. The number of hydrogen-bond donors (Lipinski definition) is 2. The highest BCUT2D eigenvalue weighted by Crippen LogP contribution is 2.50. The van der Waals surface area contributed by atoms with Gasteiger partial charge in [-0.25, -0.2) is 15.0 Å². The molecule has 4 heterocycles. The molecule has 2 aromatic rings. The van der Waals surface area contributed by atoms with E-state index in [4.69, 9.17) is 31.3 Å². The molecule has 2 saturated heterocycles. The van der Waals surface area contributed by atoms with Crippen LogP contribution in [-0.2, 0) is 25.6 Å². The number of aromatic nitrogens is 4. The lowest BCUT2D eigenvalue weighted by Crippen LogP contribution is -2.40. The number of rotatable bonds is 1. The zero-order valence-electron chi connectivity index (χ0n) is 11.3. The Morgan fingerprint density at radius 2 is 2.30 bits per heavy atom. The van der Waals surface area contributed by atoms with Gasteiger partial charge in [0.15, 0.2) is 27.9 Å². The van der Waals surface area contributed by atoms with E-state index >= 15 is 0 Å². The third-order valence-electron chi connectivity index (χ3n) is 3.67. The van der Waals surface area contributed by atoms with Crippen molar-refractivity contribution in [1.82, 2.24) is 19.5 Å². The van der Waals surface area contributed by atoms with Gasteiger partial charge in [-0.2, -0.15) is 0 Å². The van der Waals surface area contributed by atoms with Gasteiger partial charge in [0.1, 0.15) is 31.4 Å². The van der Waals surface area contributed by atoms with E-state index in [1.165, 1.54) is 10.9 Å². The number of hydrogen-bond acceptors (Lipinski definition) is 10. The molecule has 0 amide bonds. The molecule has 2 aliphatic heterocycles. The van der Waals surface area contributed by atoms with E-state index in [1.54, 1.807) is 0 Å². The van der Waals surface area contributed by atoms with E-state index in [9.17, 15) is 10.00 Å². The van der Waals surface area contributed by atoms with Crippen LogP contribution in [0.5, 0.6) is 0 Å². The van der Waals surface area contributed by atoms with Crippen molar-refractivity contribution in [3.05, 3.63) is 11.1 Å². The molecule has 124 valence electrons. The second-order valence-electron chi connectivity index (χ2n) is 5.05. The molecule has 0 bridgehead atoms. The van der Waals surface area contributed by atoms with Crippen LogP contribution in [0.25, 0.3) is 11.2 Å². The summed E-state index contributed by atoms with van der Waals surface area (Å²) in [6, 6.07) is 0. The molecule has 13 heteroatoms. The maximum absolute atomic E-state index is 11.8. The summed E-state index contributed by atoms with van der Waals surface area (Å²) in [6.45, 7) is -3.63. The zero-order valence-corrected chi connectivity index (χ0v) is 14.6. The predicted octanol–water partition coefficient (Wildman–Crippen LogP) is -0.571. The molecule has 5 atom stereocenters. The number of ether oxygens (including phenoxy) is 1. The van der Waals surface area contributed by atoms with Gasteiger partial charge in [-0.1, -0.05) is 11.8 Å². The molecular formula is C10H10BrN5O5PS-. The fraction of sp³-hybridized carbons (Fsp3) is 0.500. The van der Waals surface area contributed by atoms with Gasteiger partial charge in [0.05, 0.1) is 6.61 Å². The highest BCUT2D eigenvalue weighted by Gasteiger charge is 2.50. The number of anilines is 1. The van der Waals surface area contributed by atoms with Crippen LogP contribution in [0.2, 0.25) is 0 Å². The van der Waals surface area contributed by atoms with Gasteiger partial charge >= 0.3 is 0 Å². The Labute approximate surface area is 143 Å². The Balaban J connectivity index is 1.76. The molecule has 2 fully saturated rings. The average molecular weight is 423 g/mol. The standard InChI is InChI=1S/C10H11BrN5O5PS/c11-10-15-4-7(12)13-2-14-8(4)16(10)9-5(17)6-3(20-9)1-19-22(18,23)21-6/h2-3,5-6,9,17H,1H2,(H,18,23)(H2,12,13,14)/p-1/t3?,5-,6+,9?,22?/m0/s1. The fourth-order valence-electron chi connectivity index (χ4n) is 2.67. The second-order valence-corrected chi connectivity index (χ2v) is 8.47. The first-order valence-electron chi connectivity index (χ1n) is 6.49. The second kappa shape index (κ2) is 5.39. The third kappa shape index (κ3) is 2.50. The van der Waals surface area contributed by atoms with Gasteiger partial charge in [-0.3, -0.25) is 4.57 Å². The van der Waals surface area contributed by atoms with Crippen LogP contribution in [0.4, 0.5) is 5.82 Å². The van der Waals surface area contributed by atoms with Crippen molar-refractivity contribution >= 4 is 51.4 Å². The minimum atomic E-state index is -3.60. The Morgan fingerprint density at radius 1 is 1.52 bits per heavy atom. The number of nitrogen functional groups attached to an aromatic ring is 1. The van der Waals surface area contributed by atoms with Crippen molar-refractivity contribution in [2.24, 2.45) is 0 Å². The summed E-state index contributed by atoms with van der Waals surface area (Å²) in [6.07, 6.45) is -2.20. The van der Waals surface area contributed by atoms with Crippen LogP contribution in [0, 0.1) is 0 Å². The zero-order chi connectivity index (χ0) is 16.4. The van der Waals surface area contributed by atoms with Gasteiger partial charge in [0.25, 0.3) is 0 Å². The Morgan fingerprint density at radius 3 is 3.09 bits per heavy atom. The Bertz CT molecular complexity index is 835. The van der Waals surface area contributed by atoms with Crippen LogP contribution >= 0.6 is 22.6 Å². The number of halogens is 1. The van der Waals surface area contributed by atoms with E-state index in [2.05, 4.69) is 30.9 Å². The van der Waals surface area contributed by atoms with Crippen molar-refractivity contribution in [3.63, 3.8) is 0 Å². The first-order chi connectivity index (χ1) is 10.9. The van der Waals surface area contributed by atoms with Crippen LogP contribution in [-0.4, -0.2) is 49.5 Å². The molecular weight excluding hydrogens is 413 g/mol. The maximum Gasteiger partial charge on any atom is 0.181 e. The quantitative estimate of drug-likeness (QED) is 0.453. The normalized spacial score (nSPS) is 37.2. The van der Waals surface area contributed by atoms with Crippen molar-refractivity contribution < 1.29 is 23.8 Å². The summed E-state index contributed by atoms with van der Waals surface area (Å²) in [5.74, 6) is 0.203. The monoisotopic (exact) mass is 422 g/mol. The van der Waals surface area contributed by atoms with E-state index in [0.717, 1.165) is 0 Å². The Kier molecular flexibility index (Phi) is 3.70. The molecule has 0 aromatic carbocycles.